The molecule has 0 radical (unpaired) electrons. The first-order chi connectivity index (χ1) is 10.9. The summed E-state index contributed by atoms with van der Waals surface area (Å²) >= 11 is 1.64. The molecule has 0 aliphatic heterocycles. The molecule has 4 heteroatoms. The van der Waals surface area contributed by atoms with Crippen LogP contribution in [0.5, 0.6) is 0 Å². The zero-order valence-corrected chi connectivity index (χ0v) is 12.9. The highest BCUT2D eigenvalue weighted by atomic mass is 32.1. The molecule has 3 rings (SSSR count). The predicted molar refractivity (Wildman–Crippen MR) is 90.3 cm³/mol. The first-order valence-electron chi connectivity index (χ1n) is 7.11. The molecule has 110 valence electrons. The lowest BCUT2D eigenvalue weighted by molar-refractivity contribution is 0.148. The lowest BCUT2D eigenvalue weighted by Gasteiger charge is -2.05. The molecule has 0 fully saturated rings. The van der Waals surface area contributed by atoms with Crippen molar-refractivity contribution in [2.24, 2.45) is 5.16 Å². The summed E-state index contributed by atoms with van der Waals surface area (Å²) in [6.07, 6.45) is 4.40. The van der Waals surface area contributed by atoms with Crippen LogP contribution >= 0.6 is 11.3 Å². The molecule has 0 atom stereocenters. The Balaban J connectivity index is 1.70. The first-order valence-corrected chi connectivity index (χ1v) is 7.99. The van der Waals surface area contributed by atoms with E-state index in [0.717, 1.165) is 22.6 Å². The minimum absolute atomic E-state index is 0.555. The third kappa shape index (κ3) is 3.80. The number of oxime groups is 1. The maximum Gasteiger partial charge on any atom is 0.128 e. The summed E-state index contributed by atoms with van der Waals surface area (Å²) in [5.41, 5.74) is 3.04. The summed E-state index contributed by atoms with van der Waals surface area (Å²) in [5, 5.41) is 6.37. The van der Waals surface area contributed by atoms with E-state index in [1.165, 1.54) is 5.56 Å². The van der Waals surface area contributed by atoms with Gasteiger partial charge < -0.3 is 4.84 Å². The van der Waals surface area contributed by atoms with Gasteiger partial charge in [0, 0.05) is 24.4 Å². The predicted octanol–water partition coefficient (Wildman–Crippen LogP) is 4.15. The Bertz CT molecular complexity index is 709. The SMILES string of the molecule is c1ccc(CCON=C(c2cccnc2)c2cccs2)cc1. The number of nitrogens with zero attached hydrogens (tertiary/aromatic N) is 2. The quantitative estimate of drug-likeness (QED) is 0.389. The number of hydrogen-bond acceptors (Lipinski definition) is 4. The molecule has 0 aliphatic rings. The van der Waals surface area contributed by atoms with Crippen LogP contribution in [-0.4, -0.2) is 17.3 Å². The topological polar surface area (TPSA) is 34.5 Å². The Morgan fingerprint density at radius 1 is 1.05 bits per heavy atom. The molecule has 0 N–H and O–H groups in total. The molecule has 3 nitrogen and oxygen atoms in total. The summed E-state index contributed by atoms with van der Waals surface area (Å²) in [7, 11) is 0. The lowest BCUT2D eigenvalue weighted by atomic mass is 10.1. The van der Waals surface area contributed by atoms with E-state index in [4.69, 9.17) is 4.84 Å². The molecule has 0 amide bonds. The van der Waals surface area contributed by atoms with Crippen LogP contribution in [0.25, 0.3) is 0 Å². The molecule has 2 heterocycles. The molecule has 0 unspecified atom stereocenters. The van der Waals surface area contributed by atoms with Crippen LogP contribution in [0.2, 0.25) is 0 Å². The molecule has 2 aromatic heterocycles. The van der Waals surface area contributed by atoms with Crippen molar-refractivity contribution in [2.75, 3.05) is 6.61 Å². The minimum Gasteiger partial charge on any atom is -0.395 e. The minimum atomic E-state index is 0.555. The summed E-state index contributed by atoms with van der Waals surface area (Å²) in [4.78, 5) is 10.8. The number of benzene rings is 1. The van der Waals surface area contributed by atoms with Gasteiger partial charge in [0.05, 0.1) is 4.88 Å². The van der Waals surface area contributed by atoms with Crippen LogP contribution in [0.4, 0.5) is 0 Å². The zero-order chi connectivity index (χ0) is 15.0. The van der Waals surface area contributed by atoms with Crippen molar-refractivity contribution in [1.29, 1.82) is 0 Å². The number of pyridine rings is 1. The molecule has 0 spiro atoms. The third-order valence-electron chi connectivity index (χ3n) is 3.17. The second kappa shape index (κ2) is 7.52. The Labute approximate surface area is 133 Å². The van der Waals surface area contributed by atoms with Crippen LogP contribution in [0.15, 0.2) is 77.5 Å². The van der Waals surface area contributed by atoms with Gasteiger partial charge >= 0.3 is 0 Å². The van der Waals surface area contributed by atoms with Crippen molar-refractivity contribution in [1.82, 2.24) is 4.98 Å². The van der Waals surface area contributed by atoms with Gasteiger partial charge in [-0.1, -0.05) is 41.6 Å². The van der Waals surface area contributed by atoms with Crippen LogP contribution in [-0.2, 0) is 11.3 Å². The van der Waals surface area contributed by atoms with E-state index in [-0.39, 0.29) is 0 Å². The number of rotatable bonds is 6. The maximum atomic E-state index is 5.54. The Hall–Kier alpha value is -2.46. The highest BCUT2D eigenvalue weighted by Gasteiger charge is 2.09. The van der Waals surface area contributed by atoms with E-state index in [9.17, 15) is 0 Å². The second-order valence-corrected chi connectivity index (χ2v) is 5.68. The largest absolute Gasteiger partial charge is 0.395 e. The smallest absolute Gasteiger partial charge is 0.128 e. The van der Waals surface area contributed by atoms with Crippen molar-refractivity contribution < 1.29 is 4.84 Å². The van der Waals surface area contributed by atoms with E-state index in [1.807, 2.05) is 47.8 Å². The van der Waals surface area contributed by atoms with E-state index < -0.39 is 0 Å². The highest BCUT2D eigenvalue weighted by Crippen LogP contribution is 2.16. The van der Waals surface area contributed by atoms with Crippen molar-refractivity contribution in [3.63, 3.8) is 0 Å². The van der Waals surface area contributed by atoms with Gasteiger partial charge in [0.1, 0.15) is 12.3 Å². The zero-order valence-electron chi connectivity index (χ0n) is 12.1. The van der Waals surface area contributed by atoms with Crippen molar-refractivity contribution in [3.8, 4) is 0 Å². The van der Waals surface area contributed by atoms with Crippen LogP contribution < -0.4 is 0 Å². The third-order valence-corrected chi connectivity index (χ3v) is 4.05. The Morgan fingerprint density at radius 3 is 2.68 bits per heavy atom. The standard InChI is InChI=1S/C18H16N2OS/c1-2-6-15(7-3-1)10-12-21-20-18(17-9-5-13-22-17)16-8-4-11-19-14-16/h1-9,11,13-14H,10,12H2. The van der Waals surface area contributed by atoms with Gasteiger partial charge in [-0.2, -0.15) is 0 Å². The van der Waals surface area contributed by atoms with Gasteiger partial charge in [-0.3, -0.25) is 4.98 Å². The Morgan fingerprint density at radius 2 is 1.95 bits per heavy atom. The Kier molecular flexibility index (Phi) is 4.95. The molecule has 0 bridgehead atoms. The van der Waals surface area contributed by atoms with Crippen molar-refractivity contribution in [3.05, 3.63) is 88.4 Å². The highest BCUT2D eigenvalue weighted by molar-refractivity contribution is 7.12. The van der Waals surface area contributed by atoms with Gasteiger partial charge in [0.2, 0.25) is 0 Å². The summed E-state index contributed by atoms with van der Waals surface area (Å²) in [5.74, 6) is 0. The van der Waals surface area contributed by atoms with Gasteiger partial charge in [-0.15, -0.1) is 11.3 Å². The van der Waals surface area contributed by atoms with Gasteiger partial charge in [-0.25, -0.2) is 0 Å². The molecule has 0 aliphatic carbocycles. The molecule has 22 heavy (non-hydrogen) atoms. The fourth-order valence-electron chi connectivity index (χ4n) is 2.07. The molecular weight excluding hydrogens is 292 g/mol. The van der Waals surface area contributed by atoms with E-state index in [0.29, 0.717) is 6.61 Å². The maximum absolute atomic E-state index is 5.54. The first kappa shape index (κ1) is 14.5. The molecule has 3 aromatic rings. The number of aromatic nitrogens is 1. The average molecular weight is 308 g/mol. The summed E-state index contributed by atoms with van der Waals surface area (Å²) < 4.78 is 0. The average Bonchev–Trinajstić information content (AvgIpc) is 3.11. The number of hydrogen-bond donors (Lipinski definition) is 0. The summed E-state index contributed by atoms with van der Waals surface area (Å²) in [6, 6.07) is 18.2. The molecule has 1 aromatic carbocycles. The van der Waals surface area contributed by atoms with E-state index in [2.05, 4.69) is 22.3 Å². The normalized spacial score (nSPS) is 11.4. The van der Waals surface area contributed by atoms with Crippen LogP contribution in [0.1, 0.15) is 16.0 Å². The van der Waals surface area contributed by atoms with Crippen molar-refractivity contribution >= 4 is 17.0 Å². The van der Waals surface area contributed by atoms with Gasteiger partial charge in [0.25, 0.3) is 0 Å². The van der Waals surface area contributed by atoms with Crippen molar-refractivity contribution in [2.45, 2.75) is 6.42 Å². The summed E-state index contributed by atoms with van der Waals surface area (Å²) in [6.45, 7) is 0.555. The monoisotopic (exact) mass is 308 g/mol. The molecule has 0 saturated carbocycles. The van der Waals surface area contributed by atoms with Gasteiger partial charge in [-0.05, 0) is 29.1 Å². The van der Waals surface area contributed by atoms with Crippen LogP contribution in [0, 0.1) is 0 Å². The molecular formula is C18H16N2OS. The molecule has 0 saturated heterocycles. The van der Waals surface area contributed by atoms with Crippen LogP contribution in [0.3, 0.4) is 0 Å². The van der Waals surface area contributed by atoms with Gasteiger partial charge in [0.15, 0.2) is 0 Å². The fourth-order valence-corrected chi connectivity index (χ4v) is 2.80. The fraction of sp³-hybridized carbons (Fsp3) is 0.111. The second-order valence-electron chi connectivity index (χ2n) is 4.73. The lowest BCUT2D eigenvalue weighted by Crippen LogP contribution is -2.04. The van der Waals surface area contributed by atoms with E-state index in [1.54, 1.807) is 23.7 Å². The number of thiophene rings is 1. The van der Waals surface area contributed by atoms with E-state index >= 15 is 0 Å².